The van der Waals surface area contributed by atoms with E-state index < -0.39 is 17.4 Å². The number of benzene rings is 1. The lowest BCUT2D eigenvalue weighted by atomic mass is 9.90. The van der Waals surface area contributed by atoms with Crippen LogP contribution in [0.15, 0.2) is 24.3 Å². The van der Waals surface area contributed by atoms with Crippen molar-refractivity contribution in [3.63, 3.8) is 0 Å². The Morgan fingerprint density at radius 2 is 2.04 bits per heavy atom. The molecule has 0 aromatic heterocycles. The topological polar surface area (TPSA) is 95.9 Å². The second kappa shape index (κ2) is 8.21. The van der Waals surface area contributed by atoms with Gasteiger partial charge in [-0.05, 0) is 26.3 Å². The Hall–Kier alpha value is -2.57. The summed E-state index contributed by atoms with van der Waals surface area (Å²) in [5, 5.41) is 12.1. The summed E-state index contributed by atoms with van der Waals surface area (Å²) in [6, 6.07) is 6.76. The van der Waals surface area contributed by atoms with Crippen molar-refractivity contribution in [3.05, 3.63) is 29.8 Å². The molecule has 1 aliphatic heterocycles. The van der Waals surface area contributed by atoms with Crippen LogP contribution < -0.4 is 10.1 Å². The third kappa shape index (κ3) is 4.53. The van der Waals surface area contributed by atoms with Crippen LogP contribution >= 0.6 is 0 Å². The second-order valence-electron chi connectivity index (χ2n) is 6.86. The molecule has 1 aromatic carbocycles. The summed E-state index contributed by atoms with van der Waals surface area (Å²) in [5.41, 5.74) is -0.180. The maximum Gasteiger partial charge on any atom is 0.311 e. The van der Waals surface area contributed by atoms with Gasteiger partial charge in [0.1, 0.15) is 5.75 Å². The molecular weight excluding hydrogens is 336 g/mol. The van der Waals surface area contributed by atoms with Crippen LogP contribution in [0.4, 0.5) is 0 Å². The molecule has 7 nitrogen and oxygen atoms in total. The number of amides is 2. The van der Waals surface area contributed by atoms with Crippen molar-refractivity contribution >= 4 is 17.8 Å². The van der Waals surface area contributed by atoms with Crippen molar-refractivity contribution in [1.29, 1.82) is 0 Å². The van der Waals surface area contributed by atoms with Crippen molar-refractivity contribution in [2.24, 2.45) is 5.41 Å². The zero-order chi connectivity index (χ0) is 19.3. The van der Waals surface area contributed by atoms with Crippen LogP contribution in [0, 0.1) is 5.41 Å². The number of carbonyl (C=O) groups is 3. The van der Waals surface area contributed by atoms with Crippen molar-refractivity contribution in [2.75, 3.05) is 19.7 Å². The van der Waals surface area contributed by atoms with E-state index >= 15 is 0 Å². The summed E-state index contributed by atoms with van der Waals surface area (Å²) in [5.74, 6) is -0.697. The van der Waals surface area contributed by atoms with E-state index in [-0.39, 0.29) is 24.8 Å². The van der Waals surface area contributed by atoms with Gasteiger partial charge in [0.15, 0.2) is 0 Å². The van der Waals surface area contributed by atoms with Crippen LogP contribution in [0.5, 0.6) is 5.75 Å². The molecule has 0 aliphatic carbocycles. The van der Waals surface area contributed by atoms with Gasteiger partial charge >= 0.3 is 5.97 Å². The molecule has 1 aromatic rings. The lowest BCUT2D eigenvalue weighted by molar-refractivity contribution is -0.147. The van der Waals surface area contributed by atoms with Crippen molar-refractivity contribution < 1.29 is 24.2 Å². The molecule has 26 heavy (non-hydrogen) atoms. The molecule has 2 rings (SSSR count). The van der Waals surface area contributed by atoms with Gasteiger partial charge in [-0.25, -0.2) is 0 Å². The maximum absolute atomic E-state index is 12.7. The fourth-order valence-electron chi connectivity index (χ4n) is 3.19. The number of hydrogen-bond acceptors (Lipinski definition) is 4. The Labute approximate surface area is 153 Å². The molecule has 1 heterocycles. The normalized spacial score (nSPS) is 20.5. The van der Waals surface area contributed by atoms with E-state index in [1.165, 1.54) is 6.92 Å². The van der Waals surface area contributed by atoms with Gasteiger partial charge in [0.25, 0.3) is 0 Å². The molecule has 2 amide bonds. The highest BCUT2D eigenvalue weighted by Crippen LogP contribution is 2.32. The largest absolute Gasteiger partial charge is 0.494 e. The highest BCUT2D eigenvalue weighted by Gasteiger charge is 2.42. The molecule has 1 aliphatic rings. The molecule has 0 radical (unpaired) electrons. The predicted octanol–water partition coefficient (Wildman–Crippen LogP) is 1.98. The number of ether oxygens (including phenoxy) is 1. The van der Waals surface area contributed by atoms with Crippen LogP contribution in [-0.2, 0) is 14.4 Å². The Bertz CT molecular complexity index is 690. The highest BCUT2D eigenvalue weighted by atomic mass is 16.5. The van der Waals surface area contributed by atoms with E-state index in [1.54, 1.807) is 17.9 Å². The zero-order valence-electron chi connectivity index (χ0n) is 15.4. The third-order valence-electron chi connectivity index (χ3n) is 4.69. The Morgan fingerprint density at radius 1 is 1.35 bits per heavy atom. The quantitative estimate of drug-likeness (QED) is 0.773. The number of nitrogens with zero attached hydrogens (tertiary/aromatic N) is 1. The van der Waals surface area contributed by atoms with Gasteiger partial charge in [-0.3, -0.25) is 14.4 Å². The first kappa shape index (κ1) is 19.8. The zero-order valence-corrected chi connectivity index (χ0v) is 15.4. The van der Waals surface area contributed by atoms with Gasteiger partial charge in [0.05, 0.1) is 24.5 Å². The van der Waals surface area contributed by atoms with Crippen LogP contribution in [0.1, 0.15) is 45.2 Å². The number of carbonyl (C=O) groups excluding carboxylic acids is 2. The molecule has 1 fully saturated rings. The number of likely N-dealkylation sites (tertiary alicyclic amines) is 1. The lowest BCUT2D eigenvalue weighted by Gasteiger charge is -2.24. The molecule has 2 N–H and O–H groups in total. The van der Waals surface area contributed by atoms with Gasteiger partial charge in [-0.2, -0.15) is 0 Å². The maximum atomic E-state index is 12.7. The first-order chi connectivity index (χ1) is 12.3. The molecule has 0 spiro atoms. The molecule has 2 unspecified atom stereocenters. The summed E-state index contributed by atoms with van der Waals surface area (Å²) in [6.45, 7) is 5.98. The second-order valence-corrected chi connectivity index (χ2v) is 6.86. The standard InChI is InChI=1S/C19H26N2O5/c1-4-26-16-8-6-5-7-14(16)15(20-13(2)22)11-17(23)21-10-9-19(3,12-21)18(24)25/h5-8,15H,4,9-12H2,1-3H3,(H,20,22)(H,24,25). The van der Waals surface area contributed by atoms with Crippen molar-refractivity contribution in [1.82, 2.24) is 10.2 Å². The Morgan fingerprint density at radius 3 is 2.62 bits per heavy atom. The van der Waals surface area contributed by atoms with E-state index in [9.17, 15) is 19.5 Å². The summed E-state index contributed by atoms with van der Waals surface area (Å²) in [4.78, 5) is 37.3. The van der Waals surface area contributed by atoms with E-state index in [2.05, 4.69) is 5.32 Å². The summed E-state index contributed by atoms with van der Waals surface area (Å²) >= 11 is 0. The molecule has 142 valence electrons. The van der Waals surface area contributed by atoms with Gasteiger partial charge in [-0.1, -0.05) is 18.2 Å². The fourth-order valence-corrected chi connectivity index (χ4v) is 3.19. The molecule has 7 heteroatoms. The molecule has 1 saturated heterocycles. The SMILES string of the molecule is CCOc1ccccc1C(CC(=O)N1CCC(C)(C(=O)O)C1)NC(C)=O. The Kier molecular flexibility index (Phi) is 6.23. The van der Waals surface area contributed by atoms with Crippen LogP contribution in [-0.4, -0.2) is 47.5 Å². The minimum atomic E-state index is -0.914. The smallest absolute Gasteiger partial charge is 0.311 e. The third-order valence-corrected chi connectivity index (χ3v) is 4.69. The highest BCUT2D eigenvalue weighted by molar-refractivity contribution is 5.82. The molecule has 0 bridgehead atoms. The summed E-state index contributed by atoms with van der Waals surface area (Å²) in [7, 11) is 0. The minimum Gasteiger partial charge on any atom is -0.494 e. The van der Waals surface area contributed by atoms with Crippen LogP contribution in [0.25, 0.3) is 0 Å². The van der Waals surface area contributed by atoms with E-state index in [1.807, 2.05) is 25.1 Å². The molecular formula is C19H26N2O5. The monoisotopic (exact) mass is 362 g/mol. The van der Waals surface area contributed by atoms with Crippen LogP contribution in [0.3, 0.4) is 0 Å². The average Bonchev–Trinajstić information content (AvgIpc) is 2.99. The van der Waals surface area contributed by atoms with E-state index in [0.29, 0.717) is 25.3 Å². The van der Waals surface area contributed by atoms with Crippen LogP contribution in [0.2, 0.25) is 0 Å². The summed E-state index contributed by atoms with van der Waals surface area (Å²) < 4.78 is 5.62. The Balaban J connectivity index is 2.17. The minimum absolute atomic E-state index is 0.0549. The predicted molar refractivity (Wildman–Crippen MR) is 95.7 cm³/mol. The number of para-hydroxylation sites is 1. The number of rotatable bonds is 7. The van der Waals surface area contributed by atoms with Crippen molar-refractivity contribution in [2.45, 2.75) is 39.7 Å². The average molecular weight is 362 g/mol. The van der Waals surface area contributed by atoms with Crippen molar-refractivity contribution in [3.8, 4) is 5.75 Å². The number of nitrogens with one attached hydrogen (secondary N) is 1. The van der Waals surface area contributed by atoms with Gasteiger partial charge < -0.3 is 20.1 Å². The van der Waals surface area contributed by atoms with Gasteiger partial charge in [0.2, 0.25) is 11.8 Å². The first-order valence-electron chi connectivity index (χ1n) is 8.77. The van der Waals surface area contributed by atoms with E-state index in [0.717, 1.165) is 5.56 Å². The van der Waals surface area contributed by atoms with Gasteiger partial charge in [0, 0.05) is 25.6 Å². The number of carboxylic acids is 1. The number of aliphatic carboxylic acids is 1. The molecule has 0 saturated carbocycles. The van der Waals surface area contributed by atoms with E-state index in [4.69, 9.17) is 4.74 Å². The number of hydrogen-bond donors (Lipinski definition) is 2. The van der Waals surface area contributed by atoms with Gasteiger partial charge in [-0.15, -0.1) is 0 Å². The first-order valence-corrected chi connectivity index (χ1v) is 8.77. The number of carboxylic acid groups (broad SMARTS) is 1. The molecule has 2 atom stereocenters. The lowest BCUT2D eigenvalue weighted by Crippen LogP contribution is -2.37. The fraction of sp³-hybridized carbons (Fsp3) is 0.526. The summed E-state index contributed by atoms with van der Waals surface area (Å²) in [6.07, 6.45) is 0.480.